The van der Waals surface area contributed by atoms with Crippen LogP contribution in [0, 0.1) is 17.0 Å². The summed E-state index contributed by atoms with van der Waals surface area (Å²) >= 11 is 0. The van der Waals surface area contributed by atoms with Crippen LogP contribution >= 0.6 is 0 Å². The first-order valence-electron chi connectivity index (χ1n) is 6.40. The van der Waals surface area contributed by atoms with E-state index >= 15 is 0 Å². The Kier molecular flexibility index (Phi) is 4.41. The second-order valence-electron chi connectivity index (χ2n) is 4.44. The van der Waals surface area contributed by atoms with E-state index in [2.05, 4.69) is 22.4 Å². The highest BCUT2D eigenvalue weighted by Gasteiger charge is 2.14. The zero-order chi connectivity index (χ0) is 14.5. The van der Waals surface area contributed by atoms with E-state index in [9.17, 15) is 10.1 Å². The fourth-order valence-corrected chi connectivity index (χ4v) is 1.81. The fraction of sp³-hybridized carbons (Fsp3) is 0.385. The number of aromatic nitrogens is 2. The Labute approximate surface area is 116 Å². The summed E-state index contributed by atoms with van der Waals surface area (Å²) in [6.45, 7) is 5.16. The smallest absolute Gasteiger partial charge is 0.272 e. The van der Waals surface area contributed by atoms with Crippen molar-refractivity contribution in [2.24, 2.45) is 0 Å². The van der Waals surface area contributed by atoms with Crippen molar-refractivity contribution in [2.45, 2.75) is 26.8 Å². The van der Waals surface area contributed by atoms with Gasteiger partial charge < -0.3 is 9.73 Å². The van der Waals surface area contributed by atoms with Gasteiger partial charge in [0.05, 0.1) is 11.5 Å². The van der Waals surface area contributed by atoms with Crippen LogP contribution in [0.1, 0.15) is 24.8 Å². The van der Waals surface area contributed by atoms with Crippen molar-refractivity contribution in [3.05, 3.63) is 39.8 Å². The summed E-state index contributed by atoms with van der Waals surface area (Å²) in [5.41, 5.74) is 1.33. The molecule has 0 fully saturated rings. The van der Waals surface area contributed by atoms with E-state index in [1.807, 2.05) is 0 Å². The molecule has 0 amide bonds. The average Bonchev–Trinajstić information content (AvgIpc) is 2.87. The van der Waals surface area contributed by atoms with Gasteiger partial charge in [-0.2, -0.15) is 0 Å². The first-order valence-corrected chi connectivity index (χ1v) is 6.40. The van der Waals surface area contributed by atoms with Crippen LogP contribution in [0.5, 0.6) is 0 Å². The molecule has 106 valence electrons. The zero-order valence-electron chi connectivity index (χ0n) is 11.4. The maximum Gasteiger partial charge on any atom is 0.272 e. The molecule has 0 atom stereocenters. The molecule has 7 heteroatoms. The highest BCUT2D eigenvalue weighted by Crippen LogP contribution is 2.25. The van der Waals surface area contributed by atoms with E-state index in [4.69, 9.17) is 4.42 Å². The molecule has 0 bridgehead atoms. The molecule has 7 nitrogen and oxygen atoms in total. The Bertz CT molecular complexity index is 609. The lowest BCUT2D eigenvalue weighted by molar-refractivity contribution is -0.385. The standard InChI is InChI=1S/C13H16N4O3/c1-3-6-14-8-12-15-16-13(20-12)10-4-5-11(17(18)19)9(2)7-10/h4-5,7,14H,3,6,8H2,1-2H3. The molecule has 20 heavy (non-hydrogen) atoms. The lowest BCUT2D eigenvalue weighted by Crippen LogP contribution is -2.13. The third-order valence-electron chi connectivity index (χ3n) is 2.81. The van der Waals surface area contributed by atoms with Gasteiger partial charge in [0.25, 0.3) is 5.69 Å². The van der Waals surface area contributed by atoms with Crippen LogP contribution < -0.4 is 5.32 Å². The summed E-state index contributed by atoms with van der Waals surface area (Å²) < 4.78 is 5.52. The van der Waals surface area contributed by atoms with Crippen LogP contribution in [0.15, 0.2) is 22.6 Å². The van der Waals surface area contributed by atoms with E-state index in [0.29, 0.717) is 29.5 Å². The maximum absolute atomic E-state index is 10.8. The lowest BCUT2D eigenvalue weighted by Gasteiger charge is -1.99. The molecule has 2 rings (SSSR count). The Morgan fingerprint density at radius 2 is 2.20 bits per heavy atom. The van der Waals surface area contributed by atoms with E-state index in [1.165, 1.54) is 6.07 Å². The first kappa shape index (κ1) is 14.1. The predicted octanol–water partition coefficient (Wildman–Crippen LogP) is 2.45. The molecule has 1 aromatic carbocycles. The molecule has 0 aliphatic rings. The van der Waals surface area contributed by atoms with Crippen molar-refractivity contribution in [1.82, 2.24) is 15.5 Å². The number of nitro groups is 1. The molecule has 0 saturated heterocycles. The topological polar surface area (TPSA) is 94.1 Å². The van der Waals surface area contributed by atoms with Crippen LogP contribution in [0.3, 0.4) is 0 Å². The summed E-state index contributed by atoms with van der Waals surface area (Å²) in [4.78, 5) is 10.4. The highest BCUT2D eigenvalue weighted by atomic mass is 16.6. The second kappa shape index (κ2) is 6.25. The van der Waals surface area contributed by atoms with Gasteiger partial charge in [-0.1, -0.05) is 6.92 Å². The van der Waals surface area contributed by atoms with Crippen molar-refractivity contribution in [3.63, 3.8) is 0 Å². The molecule has 0 aliphatic carbocycles. The largest absolute Gasteiger partial charge is 0.419 e. The minimum Gasteiger partial charge on any atom is -0.419 e. The zero-order valence-corrected chi connectivity index (χ0v) is 11.4. The second-order valence-corrected chi connectivity index (χ2v) is 4.44. The van der Waals surface area contributed by atoms with Gasteiger partial charge in [0.1, 0.15) is 0 Å². The Hall–Kier alpha value is -2.28. The number of hydrogen-bond donors (Lipinski definition) is 1. The normalized spacial score (nSPS) is 10.7. The minimum atomic E-state index is -0.410. The number of nitro benzene ring substituents is 1. The molecule has 0 unspecified atom stereocenters. The van der Waals surface area contributed by atoms with Crippen LogP contribution in [0.4, 0.5) is 5.69 Å². The van der Waals surface area contributed by atoms with Gasteiger partial charge in [0.2, 0.25) is 11.8 Å². The Morgan fingerprint density at radius 1 is 1.40 bits per heavy atom. The predicted molar refractivity (Wildman–Crippen MR) is 73.1 cm³/mol. The molecule has 0 saturated carbocycles. The molecular weight excluding hydrogens is 260 g/mol. The average molecular weight is 276 g/mol. The van der Waals surface area contributed by atoms with E-state index in [1.54, 1.807) is 19.1 Å². The molecule has 0 radical (unpaired) electrons. The van der Waals surface area contributed by atoms with Gasteiger partial charge in [0, 0.05) is 17.2 Å². The molecule has 0 spiro atoms. The van der Waals surface area contributed by atoms with Crippen LogP contribution in [-0.4, -0.2) is 21.7 Å². The van der Waals surface area contributed by atoms with Crippen LogP contribution in [0.25, 0.3) is 11.5 Å². The number of nitrogens with one attached hydrogen (secondary N) is 1. The fourth-order valence-electron chi connectivity index (χ4n) is 1.81. The van der Waals surface area contributed by atoms with Gasteiger partial charge in [-0.25, -0.2) is 0 Å². The number of hydrogen-bond acceptors (Lipinski definition) is 6. The number of nitrogens with zero attached hydrogens (tertiary/aromatic N) is 3. The molecule has 2 aromatic rings. The molecule has 1 heterocycles. The Balaban J connectivity index is 2.15. The summed E-state index contributed by atoms with van der Waals surface area (Å²) in [7, 11) is 0. The Morgan fingerprint density at radius 3 is 2.85 bits per heavy atom. The summed E-state index contributed by atoms with van der Waals surface area (Å²) in [6, 6.07) is 4.74. The van der Waals surface area contributed by atoms with Crippen molar-refractivity contribution in [2.75, 3.05) is 6.54 Å². The minimum absolute atomic E-state index is 0.0816. The third kappa shape index (κ3) is 3.18. The SMILES string of the molecule is CCCNCc1nnc(-c2ccc([N+](=O)[O-])c(C)c2)o1. The van der Waals surface area contributed by atoms with Gasteiger partial charge in [-0.15, -0.1) is 10.2 Å². The molecule has 1 aromatic heterocycles. The third-order valence-corrected chi connectivity index (χ3v) is 2.81. The quantitative estimate of drug-likeness (QED) is 0.494. The van der Waals surface area contributed by atoms with Gasteiger partial charge in [-0.3, -0.25) is 10.1 Å². The maximum atomic E-state index is 10.8. The monoisotopic (exact) mass is 276 g/mol. The number of aryl methyl sites for hydroxylation is 1. The van der Waals surface area contributed by atoms with Crippen molar-refractivity contribution < 1.29 is 9.34 Å². The van der Waals surface area contributed by atoms with Crippen LogP contribution in [0.2, 0.25) is 0 Å². The van der Waals surface area contributed by atoms with Gasteiger partial charge in [-0.05, 0) is 32.0 Å². The number of rotatable bonds is 6. The van der Waals surface area contributed by atoms with Crippen molar-refractivity contribution in [3.8, 4) is 11.5 Å². The van der Waals surface area contributed by atoms with Crippen molar-refractivity contribution >= 4 is 5.69 Å². The highest BCUT2D eigenvalue weighted by molar-refractivity contribution is 5.58. The van der Waals surface area contributed by atoms with Gasteiger partial charge >= 0.3 is 0 Å². The molecule has 0 aliphatic heterocycles. The van der Waals surface area contributed by atoms with E-state index in [0.717, 1.165) is 13.0 Å². The lowest BCUT2D eigenvalue weighted by atomic mass is 10.1. The summed E-state index contributed by atoms with van der Waals surface area (Å²) in [6.07, 6.45) is 1.03. The van der Waals surface area contributed by atoms with Crippen molar-refractivity contribution in [1.29, 1.82) is 0 Å². The first-order chi connectivity index (χ1) is 9.61. The molecular formula is C13H16N4O3. The number of benzene rings is 1. The summed E-state index contributed by atoms with van der Waals surface area (Å²) in [5.74, 6) is 0.876. The van der Waals surface area contributed by atoms with E-state index < -0.39 is 4.92 Å². The van der Waals surface area contributed by atoms with E-state index in [-0.39, 0.29) is 5.69 Å². The molecule has 1 N–H and O–H groups in total. The van der Waals surface area contributed by atoms with Crippen LogP contribution in [-0.2, 0) is 6.54 Å². The van der Waals surface area contributed by atoms with Gasteiger partial charge in [0.15, 0.2) is 0 Å². The summed E-state index contributed by atoms with van der Waals surface area (Å²) in [5, 5.41) is 21.8.